The van der Waals surface area contributed by atoms with E-state index in [0.717, 1.165) is 32.6 Å². The van der Waals surface area contributed by atoms with E-state index in [1.54, 1.807) is 7.11 Å². The zero-order valence-corrected chi connectivity index (χ0v) is 12.0. The molecule has 0 spiro atoms. The van der Waals surface area contributed by atoms with Crippen LogP contribution in [0.15, 0.2) is 0 Å². The number of nitrogens with zero attached hydrogens (tertiary/aromatic N) is 1. The largest absolute Gasteiger partial charge is 0.379 e. The van der Waals surface area contributed by atoms with Gasteiger partial charge < -0.3 is 15.0 Å². The first-order valence-corrected chi connectivity index (χ1v) is 6.46. The van der Waals surface area contributed by atoms with Crippen LogP contribution in [0.25, 0.3) is 0 Å². The molecular weight excluding hydrogens is 200 g/mol. The molecule has 0 radical (unpaired) electrons. The van der Waals surface area contributed by atoms with Gasteiger partial charge in [0.05, 0.1) is 5.60 Å². The summed E-state index contributed by atoms with van der Waals surface area (Å²) in [6.07, 6.45) is 1.04. The molecule has 0 aromatic rings. The second kappa shape index (κ2) is 8.04. The van der Waals surface area contributed by atoms with Gasteiger partial charge >= 0.3 is 0 Å². The molecule has 1 N–H and O–H groups in total. The van der Waals surface area contributed by atoms with Gasteiger partial charge in [-0.2, -0.15) is 0 Å². The van der Waals surface area contributed by atoms with Crippen molar-refractivity contribution >= 4 is 0 Å². The van der Waals surface area contributed by atoms with E-state index in [0.29, 0.717) is 6.04 Å². The van der Waals surface area contributed by atoms with Crippen molar-refractivity contribution in [1.82, 2.24) is 10.2 Å². The Balaban J connectivity index is 3.69. The monoisotopic (exact) mass is 230 g/mol. The fourth-order valence-corrected chi connectivity index (χ4v) is 1.90. The van der Waals surface area contributed by atoms with Crippen LogP contribution in [0.4, 0.5) is 0 Å². The van der Waals surface area contributed by atoms with Crippen molar-refractivity contribution in [1.29, 1.82) is 0 Å². The van der Waals surface area contributed by atoms with Crippen molar-refractivity contribution in [2.24, 2.45) is 0 Å². The lowest BCUT2D eigenvalue weighted by molar-refractivity contribution is 0.00847. The highest BCUT2D eigenvalue weighted by Crippen LogP contribution is 2.14. The molecule has 0 heterocycles. The van der Waals surface area contributed by atoms with Crippen LogP contribution in [0, 0.1) is 0 Å². The van der Waals surface area contributed by atoms with Crippen molar-refractivity contribution in [3.8, 4) is 0 Å². The molecule has 3 nitrogen and oxygen atoms in total. The number of methoxy groups -OCH3 is 1. The van der Waals surface area contributed by atoms with E-state index in [9.17, 15) is 0 Å². The second-order valence-electron chi connectivity index (χ2n) is 5.05. The average Bonchev–Trinajstić information content (AvgIpc) is 2.24. The third-order valence-electron chi connectivity index (χ3n) is 3.17. The zero-order chi connectivity index (χ0) is 12.6. The maximum Gasteiger partial charge on any atom is 0.0637 e. The topological polar surface area (TPSA) is 24.5 Å². The highest BCUT2D eigenvalue weighted by atomic mass is 16.5. The Kier molecular flexibility index (Phi) is 7.98. The predicted octanol–water partition coefficient (Wildman–Crippen LogP) is 2.12. The lowest BCUT2D eigenvalue weighted by atomic mass is 10.00. The van der Waals surface area contributed by atoms with Gasteiger partial charge in [0.1, 0.15) is 0 Å². The molecule has 3 heteroatoms. The van der Waals surface area contributed by atoms with Crippen LogP contribution in [0.5, 0.6) is 0 Å². The van der Waals surface area contributed by atoms with Crippen LogP contribution in [-0.4, -0.2) is 49.8 Å². The van der Waals surface area contributed by atoms with E-state index in [2.05, 4.69) is 44.8 Å². The smallest absolute Gasteiger partial charge is 0.0637 e. The van der Waals surface area contributed by atoms with Crippen LogP contribution in [-0.2, 0) is 4.74 Å². The summed E-state index contributed by atoms with van der Waals surface area (Å²) in [6.45, 7) is 15.4. The van der Waals surface area contributed by atoms with Crippen molar-refractivity contribution < 1.29 is 4.74 Å². The molecule has 0 saturated carbocycles. The third kappa shape index (κ3) is 7.20. The van der Waals surface area contributed by atoms with Crippen molar-refractivity contribution in [2.75, 3.05) is 33.3 Å². The maximum atomic E-state index is 5.43. The van der Waals surface area contributed by atoms with Gasteiger partial charge in [-0.05, 0) is 40.3 Å². The summed E-state index contributed by atoms with van der Waals surface area (Å²) in [7, 11) is 1.78. The minimum absolute atomic E-state index is 0.0262. The third-order valence-corrected chi connectivity index (χ3v) is 3.17. The molecule has 1 unspecified atom stereocenters. The molecule has 0 aliphatic carbocycles. The fourth-order valence-electron chi connectivity index (χ4n) is 1.90. The van der Waals surface area contributed by atoms with Gasteiger partial charge in [0.15, 0.2) is 0 Å². The summed E-state index contributed by atoms with van der Waals surface area (Å²) in [4.78, 5) is 2.43. The standard InChI is InChI=1S/C13H30N2O/c1-7-15(8-2)10-9-14-12(3)11-13(4,5)16-6/h12,14H,7-11H2,1-6H3. The molecule has 0 rings (SSSR count). The van der Waals surface area contributed by atoms with Gasteiger partial charge in [-0.1, -0.05) is 13.8 Å². The quantitative estimate of drug-likeness (QED) is 0.656. The summed E-state index contributed by atoms with van der Waals surface area (Å²) < 4.78 is 5.43. The van der Waals surface area contributed by atoms with Crippen molar-refractivity contribution in [2.45, 2.75) is 52.7 Å². The maximum absolute atomic E-state index is 5.43. The second-order valence-corrected chi connectivity index (χ2v) is 5.05. The summed E-state index contributed by atoms with van der Waals surface area (Å²) in [5.74, 6) is 0. The molecule has 0 amide bonds. The predicted molar refractivity (Wildman–Crippen MR) is 71.0 cm³/mol. The molecule has 0 bridgehead atoms. The molecule has 0 aromatic heterocycles. The first kappa shape index (κ1) is 15.9. The molecule has 0 aliphatic rings. The molecule has 16 heavy (non-hydrogen) atoms. The number of rotatable bonds is 9. The van der Waals surface area contributed by atoms with Gasteiger partial charge in [0, 0.05) is 26.2 Å². The molecule has 0 saturated heterocycles. The van der Waals surface area contributed by atoms with E-state index in [1.807, 2.05) is 0 Å². The highest BCUT2D eigenvalue weighted by Gasteiger charge is 2.19. The van der Waals surface area contributed by atoms with Gasteiger partial charge in [-0.15, -0.1) is 0 Å². The molecule has 98 valence electrons. The SMILES string of the molecule is CCN(CC)CCNC(C)CC(C)(C)OC. The van der Waals surface area contributed by atoms with Crippen LogP contribution < -0.4 is 5.32 Å². The first-order valence-electron chi connectivity index (χ1n) is 6.46. The number of likely N-dealkylation sites (N-methyl/N-ethyl adjacent to an activating group) is 1. The molecule has 0 aromatic carbocycles. The first-order chi connectivity index (χ1) is 7.45. The number of nitrogens with one attached hydrogen (secondary N) is 1. The van der Waals surface area contributed by atoms with E-state index in [-0.39, 0.29) is 5.60 Å². The van der Waals surface area contributed by atoms with E-state index < -0.39 is 0 Å². The molecule has 0 aliphatic heterocycles. The molecular formula is C13H30N2O. The molecule has 0 fully saturated rings. The lowest BCUT2D eigenvalue weighted by Gasteiger charge is -2.28. The van der Waals surface area contributed by atoms with Gasteiger partial charge in [-0.3, -0.25) is 0 Å². The summed E-state index contributed by atoms with van der Waals surface area (Å²) in [5.41, 5.74) is -0.0262. The average molecular weight is 230 g/mol. The minimum atomic E-state index is -0.0262. The van der Waals surface area contributed by atoms with E-state index in [4.69, 9.17) is 4.74 Å². The summed E-state index contributed by atoms with van der Waals surface area (Å²) >= 11 is 0. The Morgan fingerprint density at radius 2 is 1.81 bits per heavy atom. The number of ether oxygens (including phenoxy) is 1. The highest BCUT2D eigenvalue weighted by molar-refractivity contribution is 4.75. The summed E-state index contributed by atoms with van der Waals surface area (Å²) in [6, 6.07) is 0.505. The Hall–Kier alpha value is -0.120. The van der Waals surface area contributed by atoms with Crippen molar-refractivity contribution in [3.63, 3.8) is 0 Å². The van der Waals surface area contributed by atoms with Gasteiger partial charge in [0.25, 0.3) is 0 Å². The Morgan fingerprint density at radius 3 is 2.25 bits per heavy atom. The minimum Gasteiger partial charge on any atom is -0.379 e. The Labute approximate surface area is 102 Å². The summed E-state index contributed by atoms with van der Waals surface area (Å²) in [5, 5.41) is 3.55. The lowest BCUT2D eigenvalue weighted by Crippen LogP contribution is -2.39. The van der Waals surface area contributed by atoms with Gasteiger partial charge in [0.2, 0.25) is 0 Å². The Bertz CT molecular complexity index is 167. The van der Waals surface area contributed by atoms with E-state index in [1.165, 1.54) is 0 Å². The number of hydrogen-bond donors (Lipinski definition) is 1. The van der Waals surface area contributed by atoms with Crippen LogP contribution in [0.3, 0.4) is 0 Å². The normalized spacial score (nSPS) is 14.4. The van der Waals surface area contributed by atoms with Crippen LogP contribution >= 0.6 is 0 Å². The van der Waals surface area contributed by atoms with Gasteiger partial charge in [-0.25, -0.2) is 0 Å². The van der Waals surface area contributed by atoms with Crippen molar-refractivity contribution in [3.05, 3.63) is 0 Å². The number of hydrogen-bond acceptors (Lipinski definition) is 3. The zero-order valence-electron chi connectivity index (χ0n) is 12.0. The van der Waals surface area contributed by atoms with Crippen LogP contribution in [0.1, 0.15) is 41.0 Å². The van der Waals surface area contributed by atoms with Crippen LogP contribution in [0.2, 0.25) is 0 Å². The fraction of sp³-hybridized carbons (Fsp3) is 1.00. The Morgan fingerprint density at radius 1 is 1.25 bits per heavy atom. The molecule has 1 atom stereocenters. The van der Waals surface area contributed by atoms with E-state index >= 15 is 0 Å².